The van der Waals surface area contributed by atoms with E-state index in [9.17, 15) is 4.79 Å². The minimum atomic E-state index is 0.0390. The third-order valence-electron chi connectivity index (χ3n) is 4.66. The second-order valence-electron chi connectivity index (χ2n) is 6.34. The Morgan fingerprint density at radius 1 is 1.17 bits per heavy atom. The van der Waals surface area contributed by atoms with Crippen molar-refractivity contribution in [2.45, 2.75) is 58.0 Å². The van der Waals surface area contributed by atoms with Crippen LogP contribution in [0.3, 0.4) is 0 Å². The first-order valence-corrected chi connectivity index (χ1v) is 8.70. The van der Waals surface area contributed by atoms with Gasteiger partial charge in [-0.3, -0.25) is 0 Å². The van der Waals surface area contributed by atoms with Crippen molar-refractivity contribution in [3.05, 3.63) is 23.8 Å². The molecule has 126 valence electrons. The normalized spacial score (nSPS) is 17.6. The van der Waals surface area contributed by atoms with E-state index >= 15 is 0 Å². The number of urea groups is 1. The van der Waals surface area contributed by atoms with Crippen molar-refractivity contribution in [3.63, 3.8) is 0 Å². The minimum absolute atomic E-state index is 0.0390. The Bertz CT molecular complexity index is 539. The Kier molecular flexibility index (Phi) is 5.26. The van der Waals surface area contributed by atoms with Gasteiger partial charge in [0.05, 0.1) is 0 Å². The van der Waals surface area contributed by atoms with Gasteiger partial charge in [0.1, 0.15) is 0 Å². The standard InChI is InChI=1S/C18H26N2O3/c1-2-20(18(21)19-15-7-5-3-4-6-8-15)12-14-9-10-16-17(11-14)23-13-22-16/h9-11,15H,2-8,12-13H2,1H3,(H,19,21). The van der Waals surface area contributed by atoms with Crippen molar-refractivity contribution in [1.82, 2.24) is 10.2 Å². The van der Waals surface area contributed by atoms with Crippen molar-refractivity contribution in [3.8, 4) is 11.5 Å². The minimum Gasteiger partial charge on any atom is -0.454 e. The van der Waals surface area contributed by atoms with Crippen LogP contribution in [-0.4, -0.2) is 30.3 Å². The van der Waals surface area contributed by atoms with Crippen LogP contribution in [0.5, 0.6) is 11.5 Å². The average molecular weight is 318 g/mol. The number of amides is 2. The lowest BCUT2D eigenvalue weighted by Crippen LogP contribution is -2.44. The molecule has 2 aliphatic rings. The molecule has 1 N–H and O–H groups in total. The zero-order chi connectivity index (χ0) is 16.1. The molecular weight excluding hydrogens is 292 g/mol. The highest BCUT2D eigenvalue weighted by atomic mass is 16.7. The maximum Gasteiger partial charge on any atom is 0.317 e. The number of benzene rings is 1. The van der Waals surface area contributed by atoms with Crippen LogP contribution in [0.2, 0.25) is 0 Å². The van der Waals surface area contributed by atoms with Crippen LogP contribution in [0.1, 0.15) is 51.0 Å². The topological polar surface area (TPSA) is 50.8 Å². The molecule has 1 fully saturated rings. The summed E-state index contributed by atoms with van der Waals surface area (Å²) in [6.07, 6.45) is 7.24. The summed E-state index contributed by atoms with van der Waals surface area (Å²) in [6.45, 7) is 3.57. The summed E-state index contributed by atoms with van der Waals surface area (Å²) in [7, 11) is 0. The Morgan fingerprint density at radius 2 is 1.91 bits per heavy atom. The molecule has 3 rings (SSSR count). The molecule has 0 bridgehead atoms. The van der Waals surface area contributed by atoms with Crippen molar-refractivity contribution >= 4 is 6.03 Å². The molecule has 1 aromatic rings. The van der Waals surface area contributed by atoms with E-state index in [0.29, 0.717) is 19.1 Å². The van der Waals surface area contributed by atoms with Gasteiger partial charge < -0.3 is 19.7 Å². The molecular formula is C18H26N2O3. The van der Waals surface area contributed by atoms with E-state index < -0.39 is 0 Å². The van der Waals surface area contributed by atoms with Gasteiger partial charge in [-0.15, -0.1) is 0 Å². The van der Waals surface area contributed by atoms with Gasteiger partial charge in [0.15, 0.2) is 11.5 Å². The molecule has 1 aliphatic carbocycles. The molecule has 0 aromatic heterocycles. The maximum absolute atomic E-state index is 12.6. The number of ether oxygens (including phenoxy) is 2. The molecule has 0 atom stereocenters. The third-order valence-corrected chi connectivity index (χ3v) is 4.66. The first-order valence-electron chi connectivity index (χ1n) is 8.70. The van der Waals surface area contributed by atoms with Gasteiger partial charge in [-0.2, -0.15) is 0 Å². The SMILES string of the molecule is CCN(Cc1ccc2c(c1)OCO2)C(=O)NC1CCCCCC1. The quantitative estimate of drug-likeness (QED) is 0.862. The number of carbonyl (C=O) groups is 1. The van der Waals surface area contributed by atoms with E-state index in [0.717, 1.165) is 29.9 Å². The van der Waals surface area contributed by atoms with E-state index in [1.165, 1.54) is 25.7 Å². The van der Waals surface area contributed by atoms with E-state index in [-0.39, 0.29) is 12.8 Å². The Morgan fingerprint density at radius 3 is 2.65 bits per heavy atom. The third kappa shape index (κ3) is 4.09. The molecule has 1 saturated carbocycles. The second kappa shape index (κ2) is 7.57. The summed E-state index contributed by atoms with van der Waals surface area (Å²) in [6, 6.07) is 6.24. The van der Waals surface area contributed by atoms with Crippen molar-refractivity contribution in [2.24, 2.45) is 0 Å². The predicted octanol–water partition coefficient (Wildman–Crippen LogP) is 3.67. The van der Waals surface area contributed by atoms with Crippen molar-refractivity contribution < 1.29 is 14.3 Å². The van der Waals surface area contributed by atoms with Gasteiger partial charge in [0, 0.05) is 19.1 Å². The lowest BCUT2D eigenvalue weighted by molar-refractivity contribution is 0.173. The summed E-state index contributed by atoms with van der Waals surface area (Å²) >= 11 is 0. The van der Waals surface area contributed by atoms with Gasteiger partial charge in [-0.1, -0.05) is 31.7 Å². The van der Waals surface area contributed by atoms with E-state index in [1.54, 1.807) is 0 Å². The summed E-state index contributed by atoms with van der Waals surface area (Å²) in [5, 5.41) is 3.21. The average Bonchev–Trinajstić information content (AvgIpc) is 2.88. The van der Waals surface area contributed by atoms with Crippen LogP contribution in [0.25, 0.3) is 0 Å². The second-order valence-corrected chi connectivity index (χ2v) is 6.34. The van der Waals surface area contributed by atoms with Crippen LogP contribution in [-0.2, 0) is 6.54 Å². The fourth-order valence-corrected chi connectivity index (χ4v) is 3.28. The first kappa shape index (κ1) is 16.0. The van der Waals surface area contributed by atoms with Crippen LogP contribution < -0.4 is 14.8 Å². The van der Waals surface area contributed by atoms with E-state index in [1.807, 2.05) is 30.0 Å². The molecule has 0 spiro atoms. The summed E-state index contributed by atoms with van der Waals surface area (Å²) in [5.41, 5.74) is 1.06. The molecule has 1 aromatic carbocycles. The number of nitrogens with zero attached hydrogens (tertiary/aromatic N) is 1. The number of rotatable bonds is 4. The van der Waals surface area contributed by atoms with Gasteiger partial charge in [0.2, 0.25) is 6.79 Å². The lowest BCUT2D eigenvalue weighted by Gasteiger charge is -2.25. The van der Waals surface area contributed by atoms with Crippen LogP contribution in [0, 0.1) is 0 Å². The Balaban J connectivity index is 1.59. The highest BCUT2D eigenvalue weighted by Crippen LogP contribution is 2.32. The number of hydrogen-bond acceptors (Lipinski definition) is 3. The highest BCUT2D eigenvalue weighted by molar-refractivity contribution is 5.74. The smallest absolute Gasteiger partial charge is 0.317 e. The van der Waals surface area contributed by atoms with Crippen LogP contribution >= 0.6 is 0 Å². The van der Waals surface area contributed by atoms with Gasteiger partial charge in [-0.05, 0) is 37.5 Å². The molecule has 5 nitrogen and oxygen atoms in total. The molecule has 1 heterocycles. The summed E-state index contributed by atoms with van der Waals surface area (Å²) in [4.78, 5) is 14.4. The van der Waals surface area contributed by atoms with E-state index in [4.69, 9.17) is 9.47 Å². The number of fused-ring (bicyclic) bond motifs is 1. The zero-order valence-corrected chi connectivity index (χ0v) is 13.8. The molecule has 1 aliphatic heterocycles. The molecule has 0 radical (unpaired) electrons. The van der Waals surface area contributed by atoms with Crippen LogP contribution in [0.4, 0.5) is 4.79 Å². The lowest BCUT2D eigenvalue weighted by atomic mass is 10.1. The molecule has 0 saturated heterocycles. The number of carbonyl (C=O) groups excluding carboxylic acids is 1. The number of hydrogen-bond donors (Lipinski definition) is 1. The Hall–Kier alpha value is -1.91. The summed E-state index contributed by atoms with van der Waals surface area (Å²) in [5.74, 6) is 1.54. The zero-order valence-electron chi connectivity index (χ0n) is 13.8. The van der Waals surface area contributed by atoms with Gasteiger partial charge in [0.25, 0.3) is 0 Å². The largest absolute Gasteiger partial charge is 0.454 e. The predicted molar refractivity (Wildman–Crippen MR) is 88.7 cm³/mol. The van der Waals surface area contributed by atoms with Crippen molar-refractivity contribution in [1.29, 1.82) is 0 Å². The molecule has 5 heteroatoms. The van der Waals surface area contributed by atoms with Crippen LogP contribution in [0.15, 0.2) is 18.2 Å². The van der Waals surface area contributed by atoms with E-state index in [2.05, 4.69) is 5.32 Å². The maximum atomic E-state index is 12.6. The van der Waals surface area contributed by atoms with Gasteiger partial charge in [-0.25, -0.2) is 4.79 Å². The monoisotopic (exact) mass is 318 g/mol. The fourth-order valence-electron chi connectivity index (χ4n) is 3.28. The molecule has 2 amide bonds. The fraction of sp³-hybridized carbons (Fsp3) is 0.611. The number of nitrogens with one attached hydrogen (secondary N) is 1. The summed E-state index contributed by atoms with van der Waals surface area (Å²) < 4.78 is 10.7. The highest BCUT2D eigenvalue weighted by Gasteiger charge is 2.20. The van der Waals surface area contributed by atoms with Crippen molar-refractivity contribution in [2.75, 3.05) is 13.3 Å². The Labute approximate surface area is 137 Å². The first-order chi connectivity index (χ1) is 11.3. The molecule has 23 heavy (non-hydrogen) atoms. The van der Waals surface area contributed by atoms with Gasteiger partial charge >= 0.3 is 6.03 Å². The molecule has 0 unspecified atom stereocenters.